The molecule has 0 saturated carbocycles. The van der Waals surface area contributed by atoms with E-state index in [2.05, 4.69) is 15.0 Å². The van der Waals surface area contributed by atoms with Crippen LogP contribution in [0, 0.1) is 0 Å². The highest BCUT2D eigenvalue weighted by Gasteiger charge is 2.30. The van der Waals surface area contributed by atoms with E-state index in [-0.39, 0.29) is 16.5 Å². The first-order valence-corrected chi connectivity index (χ1v) is 13.3. The quantitative estimate of drug-likeness (QED) is 0.227. The molecule has 0 saturated heterocycles. The molecule has 1 amide bonds. The lowest BCUT2D eigenvalue weighted by Gasteiger charge is -2.11. The van der Waals surface area contributed by atoms with Gasteiger partial charge in [0, 0.05) is 30.7 Å². The number of rotatable bonds is 12. The van der Waals surface area contributed by atoms with Gasteiger partial charge in [-0.1, -0.05) is 31.0 Å². The highest BCUT2D eigenvalue weighted by Crippen LogP contribution is 2.30. The minimum absolute atomic E-state index is 0.0481. The van der Waals surface area contributed by atoms with Crippen LogP contribution in [0.4, 0.5) is 18.9 Å². The lowest BCUT2D eigenvalue weighted by Crippen LogP contribution is -2.21. The molecule has 3 aromatic rings. The molecule has 3 rings (SSSR count). The summed E-state index contributed by atoms with van der Waals surface area (Å²) in [4.78, 5) is 15.9. The predicted octanol–water partition coefficient (Wildman–Crippen LogP) is 5.83. The van der Waals surface area contributed by atoms with E-state index >= 15 is 0 Å². The molecule has 1 aromatic heterocycles. The standard InChI is InChI=1S/C27H28F3N3O3S/c28-27(29,30)23-12-14-24(15-13-23)33-37(35,36)25-10-5-8-21(19-25)7-3-1-2-4-18-32-26(34)16-11-22-9-6-17-31-20-22/h5-6,8-17,19-20,33H,1-4,7,18H2,(H,32,34)/b16-11+. The van der Waals surface area contributed by atoms with Gasteiger partial charge >= 0.3 is 6.18 Å². The first-order chi connectivity index (χ1) is 17.6. The molecule has 2 N–H and O–H groups in total. The lowest BCUT2D eigenvalue weighted by atomic mass is 10.1. The van der Waals surface area contributed by atoms with Crippen molar-refractivity contribution >= 4 is 27.7 Å². The van der Waals surface area contributed by atoms with Crippen molar-refractivity contribution in [3.8, 4) is 0 Å². The molecule has 0 unspecified atom stereocenters. The van der Waals surface area contributed by atoms with Crippen molar-refractivity contribution in [2.24, 2.45) is 0 Å². The summed E-state index contributed by atoms with van der Waals surface area (Å²) in [5.41, 5.74) is 0.907. The SMILES string of the molecule is O=C(/C=C/c1cccnc1)NCCCCCCc1cccc(S(=O)(=O)Nc2ccc(C(F)(F)F)cc2)c1. The largest absolute Gasteiger partial charge is 0.416 e. The number of sulfonamides is 1. The molecule has 10 heteroatoms. The van der Waals surface area contributed by atoms with Gasteiger partial charge in [0.2, 0.25) is 5.91 Å². The highest BCUT2D eigenvalue weighted by atomic mass is 32.2. The molecular formula is C27H28F3N3O3S. The Morgan fingerprint density at radius 1 is 0.946 bits per heavy atom. The number of halogens is 3. The zero-order chi connectivity index (χ0) is 26.7. The Labute approximate surface area is 214 Å². The molecule has 196 valence electrons. The maximum absolute atomic E-state index is 12.7. The maximum Gasteiger partial charge on any atom is 0.416 e. The Kier molecular flexibility index (Phi) is 9.85. The number of aromatic nitrogens is 1. The van der Waals surface area contributed by atoms with Crippen LogP contribution in [0.3, 0.4) is 0 Å². The molecule has 0 atom stereocenters. The van der Waals surface area contributed by atoms with Crippen LogP contribution >= 0.6 is 0 Å². The third-order valence-corrected chi connectivity index (χ3v) is 6.86. The van der Waals surface area contributed by atoms with Crippen molar-refractivity contribution in [1.82, 2.24) is 10.3 Å². The fourth-order valence-corrected chi connectivity index (χ4v) is 4.66. The predicted molar refractivity (Wildman–Crippen MR) is 137 cm³/mol. The van der Waals surface area contributed by atoms with Gasteiger partial charge in [0.15, 0.2) is 0 Å². The van der Waals surface area contributed by atoms with E-state index in [1.54, 1.807) is 36.7 Å². The molecule has 0 bridgehead atoms. The van der Waals surface area contributed by atoms with Crippen LogP contribution in [0.5, 0.6) is 0 Å². The van der Waals surface area contributed by atoms with Gasteiger partial charge in [-0.3, -0.25) is 14.5 Å². The Balaban J connectivity index is 1.39. The second-order valence-corrected chi connectivity index (χ2v) is 10.1. The summed E-state index contributed by atoms with van der Waals surface area (Å²) >= 11 is 0. The summed E-state index contributed by atoms with van der Waals surface area (Å²) in [7, 11) is -3.94. The monoisotopic (exact) mass is 531 g/mol. The number of aryl methyl sites for hydroxylation is 1. The van der Waals surface area contributed by atoms with E-state index in [1.807, 2.05) is 12.1 Å². The Morgan fingerprint density at radius 2 is 1.70 bits per heavy atom. The number of carbonyl (C=O) groups is 1. The topological polar surface area (TPSA) is 88.2 Å². The number of hydrogen-bond acceptors (Lipinski definition) is 4. The molecule has 0 aliphatic heterocycles. The number of nitrogens with zero attached hydrogens (tertiary/aromatic N) is 1. The average Bonchev–Trinajstić information content (AvgIpc) is 2.87. The number of alkyl halides is 3. The number of carbonyl (C=O) groups excluding carboxylic acids is 1. The third-order valence-electron chi connectivity index (χ3n) is 5.48. The summed E-state index contributed by atoms with van der Waals surface area (Å²) in [5, 5.41) is 2.84. The first-order valence-electron chi connectivity index (χ1n) is 11.8. The van der Waals surface area contributed by atoms with Crippen LogP contribution in [0.15, 0.2) is 84.0 Å². The molecule has 0 spiro atoms. The van der Waals surface area contributed by atoms with Gasteiger partial charge in [-0.2, -0.15) is 13.2 Å². The van der Waals surface area contributed by atoms with Crippen molar-refractivity contribution in [2.75, 3.05) is 11.3 Å². The third kappa shape index (κ3) is 9.38. The summed E-state index contributed by atoms with van der Waals surface area (Å²) < 4.78 is 65.8. The number of unbranched alkanes of at least 4 members (excludes halogenated alkanes) is 3. The summed E-state index contributed by atoms with van der Waals surface area (Å²) in [6.45, 7) is 0.569. The zero-order valence-corrected chi connectivity index (χ0v) is 20.9. The summed E-state index contributed by atoms with van der Waals surface area (Å²) in [6.07, 6.45) is 6.23. The van der Waals surface area contributed by atoms with E-state index in [0.717, 1.165) is 61.1 Å². The molecule has 2 aromatic carbocycles. The van der Waals surface area contributed by atoms with Gasteiger partial charge in [-0.15, -0.1) is 0 Å². The van der Waals surface area contributed by atoms with Crippen molar-refractivity contribution in [2.45, 2.75) is 43.2 Å². The fraction of sp³-hybridized carbons (Fsp3) is 0.259. The molecule has 0 fully saturated rings. The molecular weight excluding hydrogens is 503 g/mol. The van der Waals surface area contributed by atoms with Gasteiger partial charge in [-0.05, 0) is 78.9 Å². The molecule has 0 radical (unpaired) electrons. The maximum atomic E-state index is 12.7. The number of amides is 1. The van der Waals surface area contributed by atoms with E-state index in [4.69, 9.17) is 0 Å². The van der Waals surface area contributed by atoms with E-state index in [0.29, 0.717) is 13.0 Å². The molecule has 6 nitrogen and oxygen atoms in total. The lowest BCUT2D eigenvalue weighted by molar-refractivity contribution is -0.137. The van der Waals surface area contributed by atoms with Gasteiger partial charge in [0.05, 0.1) is 10.5 Å². The van der Waals surface area contributed by atoms with Crippen molar-refractivity contribution in [1.29, 1.82) is 0 Å². The van der Waals surface area contributed by atoms with Gasteiger partial charge in [0.25, 0.3) is 10.0 Å². The molecule has 1 heterocycles. The molecule has 37 heavy (non-hydrogen) atoms. The van der Waals surface area contributed by atoms with Gasteiger partial charge in [-0.25, -0.2) is 8.42 Å². The van der Waals surface area contributed by atoms with Gasteiger partial charge in [0.1, 0.15) is 0 Å². The van der Waals surface area contributed by atoms with Crippen LogP contribution in [0.2, 0.25) is 0 Å². The first kappa shape index (κ1) is 27.9. The second-order valence-electron chi connectivity index (χ2n) is 8.40. The summed E-state index contributed by atoms with van der Waals surface area (Å²) in [5.74, 6) is -0.160. The number of anilines is 1. The fourth-order valence-electron chi connectivity index (χ4n) is 3.53. The summed E-state index contributed by atoms with van der Waals surface area (Å²) in [6, 6.07) is 14.0. The molecule has 0 aliphatic carbocycles. The van der Waals surface area contributed by atoms with Crippen LogP contribution < -0.4 is 10.0 Å². The normalized spacial score (nSPS) is 12.0. The Hall–Kier alpha value is -3.66. The average molecular weight is 532 g/mol. The number of pyridine rings is 1. The smallest absolute Gasteiger partial charge is 0.353 e. The number of nitrogens with one attached hydrogen (secondary N) is 2. The van der Waals surface area contributed by atoms with Crippen LogP contribution in [0.1, 0.15) is 42.4 Å². The van der Waals surface area contributed by atoms with Crippen LogP contribution in [-0.2, 0) is 27.4 Å². The second kappa shape index (κ2) is 13.0. The van der Waals surface area contributed by atoms with Crippen molar-refractivity contribution in [3.05, 3.63) is 95.8 Å². The number of benzene rings is 2. The van der Waals surface area contributed by atoms with E-state index in [1.165, 1.54) is 12.1 Å². The van der Waals surface area contributed by atoms with Crippen molar-refractivity contribution in [3.63, 3.8) is 0 Å². The van der Waals surface area contributed by atoms with Crippen molar-refractivity contribution < 1.29 is 26.4 Å². The van der Waals surface area contributed by atoms with E-state index < -0.39 is 21.8 Å². The zero-order valence-electron chi connectivity index (χ0n) is 20.0. The van der Waals surface area contributed by atoms with Crippen LogP contribution in [0.25, 0.3) is 6.08 Å². The minimum Gasteiger partial charge on any atom is -0.353 e. The minimum atomic E-state index is -4.49. The number of hydrogen-bond donors (Lipinski definition) is 2. The van der Waals surface area contributed by atoms with E-state index in [9.17, 15) is 26.4 Å². The highest BCUT2D eigenvalue weighted by molar-refractivity contribution is 7.92. The van der Waals surface area contributed by atoms with Gasteiger partial charge < -0.3 is 5.32 Å². The Morgan fingerprint density at radius 3 is 2.41 bits per heavy atom. The van der Waals surface area contributed by atoms with Crippen LogP contribution in [-0.4, -0.2) is 25.9 Å². The Bertz CT molecular complexity index is 1290. The molecule has 0 aliphatic rings.